The number of aliphatic imine (C=N–C) groups is 1. The van der Waals surface area contributed by atoms with Crippen LogP contribution in [0.15, 0.2) is 47.6 Å². The molecule has 1 fully saturated rings. The van der Waals surface area contributed by atoms with Crippen molar-refractivity contribution < 1.29 is 9.13 Å². The minimum atomic E-state index is -0.304. The molecular formula is C22H31FIN5O. The Labute approximate surface area is 195 Å². The van der Waals surface area contributed by atoms with Crippen LogP contribution in [0.2, 0.25) is 0 Å². The van der Waals surface area contributed by atoms with Gasteiger partial charge in [-0.15, -0.1) is 24.0 Å². The van der Waals surface area contributed by atoms with E-state index in [1.807, 2.05) is 19.2 Å². The van der Waals surface area contributed by atoms with Crippen LogP contribution in [-0.4, -0.2) is 43.7 Å². The molecule has 1 aliphatic heterocycles. The van der Waals surface area contributed by atoms with Gasteiger partial charge >= 0.3 is 0 Å². The zero-order chi connectivity index (χ0) is 20.5. The highest BCUT2D eigenvalue weighted by atomic mass is 127. The number of halogens is 2. The maximum absolute atomic E-state index is 13.3. The molecule has 0 bridgehead atoms. The first-order valence-electron chi connectivity index (χ1n) is 10.2. The number of guanidine groups is 1. The van der Waals surface area contributed by atoms with Gasteiger partial charge in [-0.25, -0.2) is 9.37 Å². The molecule has 1 saturated heterocycles. The number of nitrogens with one attached hydrogen (secondary N) is 2. The van der Waals surface area contributed by atoms with Gasteiger partial charge in [0.05, 0.1) is 6.54 Å². The van der Waals surface area contributed by atoms with Crippen molar-refractivity contribution in [2.75, 3.05) is 31.6 Å². The van der Waals surface area contributed by atoms with Gasteiger partial charge in [0.2, 0.25) is 0 Å². The molecule has 0 spiro atoms. The van der Waals surface area contributed by atoms with Gasteiger partial charge in [0.25, 0.3) is 0 Å². The average molecular weight is 527 g/mol. The Bertz CT molecular complexity index is 814. The highest BCUT2D eigenvalue weighted by Crippen LogP contribution is 2.18. The number of hydrogen-bond donors (Lipinski definition) is 2. The van der Waals surface area contributed by atoms with Gasteiger partial charge < -0.3 is 20.3 Å². The maximum Gasteiger partial charge on any atom is 0.191 e. The summed E-state index contributed by atoms with van der Waals surface area (Å²) in [4.78, 5) is 11.1. The quantitative estimate of drug-likeness (QED) is 0.325. The molecule has 0 saturated carbocycles. The van der Waals surface area contributed by atoms with E-state index < -0.39 is 0 Å². The van der Waals surface area contributed by atoms with Crippen molar-refractivity contribution in [3.05, 3.63) is 54.0 Å². The minimum absolute atomic E-state index is 0. The van der Waals surface area contributed by atoms with Crippen LogP contribution in [-0.2, 0) is 6.54 Å². The molecule has 30 heavy (non-hydrogen) atoms. The van der Waals surface area contributed by atoms with E-state index in [1.165, 1.54) is 31.4 Å². The molecule has 8 heteroatoms. The normalized spacial score (nSPS) is 15.2. The van der Waals surface area contributed by atoms with E-state index >= 15 is 0 Å². The Morgan fingerprint density at radius 2 is 2.00 bits per heavy atom. The zero-order valence-electron chi connectivity index (χ0n) is 17.6. The topological polar surface area (TPSA) is 61.8 Å². The number of hydrogen-bond acceptors (Lipinski definition) is 4. The Morgan fingerprint density at radius 3 is 2.73 bits per heavy atom. The van der Waals surface area contributed by atoms with Gasteiger partial charge in [0.15, 0.2) is 5.96 Å². The number of nitrogens with zero attached hydrogens (tertiary/aromatic N) is 3. The summed E-state index contributed by atoms with van der Waals surface area (Å²) in [5.74, 6) is 1.95. The number of piperidine rings is 1. The molecule has 3 rings (SSSR count). The SMILES string of the molecule is CN=C(NCc1ccnc(N2CCCCC2)c1)NCC(C)Oc1cccc(F)c1.I. The minimum Gasteiger partial charge on any atom is -0.489 e. The van der Waals surface area contributed by atoms with E-state index in [-0.39, 0.29) is 35.9 Å². The smallest absolute Gasteiger partial charge is 0.191 e. The van der Waals surface area contributed by atoms with Gasteiger partial charge in [0.1, 0.15) is 23.5 Å². The lowest BCUT2D eigenvalue weighted by molar-refractivity contribution is 0.223. The van der Waals surface area contributed by atoms with Gasteiger partial charge in [-0.3, -0.25) is 4.99 Å². The summed E-state index contributed by atoms with van der Waals surface area (Å²) in [6.07, 6.45) is 5.50. The van der Waals surface area contributed by atoms with E-state index in [2.05, 4.69) is 31.6 Å². The van der Waals surface area contributed by atoms with Crippen LogP contribution in [0.5, 0.6) is 5.75 Å². The largest absolute Gasteiger partial charge is 0.489 e. The van der Waals surface area contributed by atoms with Crippen molar-refractivity contribution >= 4 is 35.8 Å². The molecule has 1 atom stereocenters. The van der Waals surface area contributed by atoms with E-state index in [0.29, 0.717) is 24.8 Å². The Morgan fingerprint density at radius 1 is 1.20 bits per heavy atom. The molecule has 1 aliphatic rings. The van der Waals surface area contributed by atoms with Gasteiger partial charge in [-0.1, -0.05) is 6.07 Å². The summed E-state index contributed by atoms with van der Waals surface area (Å²) in [7, 11) is 1.74. The molecule has 1 aromatic carbocycles. The van der Waals surface area contributed by atoms with Crippen molar-refractivity contribution in [1.29, 1.82) is 0 Å². The van der Waals surface area contributed by atoms with Gasteiger partial charge in [-0.05, 0) is 56.0 Å². The standard InChI is InChI=1S/C22H30FN5O.HI/c1-17(29-20-8-6-7-19(23)14-20)15-26-22(24-2)27-16-18-9-10-25-21(13-18)28-11-4-3-5-12-28;/h6-10,13-14,17H,3-5,11-12,15-16H2,1-2H3,(H2,24,26,27);1H. The summed E-state index contributed by atoms with van der Waals surface area (Å²) in [6.45, 7) is 5.29. The molecule has 0 aliphatic carbocycles. The fraction of sp³-hybridized carbons (Fsp3) is 0.455. The zero-order valence-corrected chi connectivity index (χ0v) is 19.9. The highest BCUT2D eigenvalue weighted by Gasteiger charge is 2.12. The predicted octanol–water partition coefficient (Wildman–Crippen LogP) is 3.96. The van der Waals surface area contributed by atoms with Crippen LogP contribution < -0.4 is 20.3 Å². The summed E-state index contributed by atoms with van der Waals surface area (Å²) < 4.78 is 19.0. The molecule has 164 valence electrons. The Kier molecular flexibility index (Phi) is 10.1. The van der Waals surface area contributed by atoms with E-state index in [4.69, 9.17) is 4.74 Å². The van der Waals surface area contributed by atoms with Crippen molar-refractivity contribution in [3.8, 4) is 5.75 Å². The third-order valence-electron chi connectivity index (χ3n) is 4.86. The molecule has 0 radical (unpaired) electrons. The van der Waals surface area contributed by atoms with E-state index in [9.17, 15) is 4.39 Å². The first kappa shape index (κ1) is 24.2. The van der Waals surface area contributed by atoms with Crippen LogP contribution in [0.3, 0.4) is 0 Å². The van der Waals surface area contributed by atoms with Crippen LogP contribution in [0.25, 0.3) is 0 Å². The lowest BCUT2D eigenvalue weighted by Gasteiger charge is -2.28. The average Bonchev–Trinajstić information content (AvgIpc) is 2.75. The highest BCUT2D eigenvalue weighted by molar-refractivity contribution is 14.0. The van der Waals surface area contributed by atoms with Crippen LogP contribution >= 0.6 is 24.0 Å². The molecule has 0 amide bonds. The summed E-state index contributed by atoms with van der Waals surface area (Å²) in [5, 5.41) is 6.57. The Hall–Kier alpha value is -2.10. The molecule has 2 N–H and O–H groups in total. The van der Waals surface area contributed by atoms with Crippen LogP contribution in [0.4, 0.5) is 10.2 Å². The summed E-state index contributed by atoms with van der Waals surface area (Å²) in [6, 6.07) is 10.3. The first-order valence-corrected chi connectivity index (χ1v) is 10.2. The lowest BCUT2D eigenvalue weighted by Crippen LogP contribution is -2.41. The molecule has 1 aromatic heterocycles. The number of rotatable bonds is 7. The van der Waals surface area contributed by atoms with Gasteiger partial charge in [0, 0.05) is 38.9 Å². The third kappa shape index (κ3) is 7.62. The number of benzene rings is 1. The van der Waals surface area contributed by atoms with Crippen molar-refractivity contribution in [3.63, 3.8) is 0 Å². The fourth-order valence-corrected chi connectivity index (χ4v) is 3.33. The van der Waals surface area contributed by atoms with Crippen molar-refractivity contribution in [2.45, 2.75) is 38.8 Å². The molecule has 2 aromatic rings. The molecular weight excluding hydrogens is 496 g/mol. The maximum atomic E-state index is 13.3. The second kappa shape index (κ2) is 12.6. The number of anilines is 1. The molecule has 1 unspecified atom stereocenters. The second-order valence-electron chi connectivity index (χ2n) is 7.26. The fourth-order valence-electron chi connectivity index (χ4n) is 3.33. The van der Waals surface area contributed by atoms with Crippen LogP contribution in [0.1, 0.15) is 31.7 Å². The second-order valence-corrected chi connectivity index (χ2v) is 7.26. The van der Waals surface area contributed by atoms with Gasteiger partial charge in [-0.2, -0.15) is 0 Å². The Balaban J connectivity index is 0.00000320. The monoisotopic (exact) mass is 527 g/mol. The summed E-state index contributed by atoms with van der Waals surface area (Å²) >= 11 is 0. The summed E-state index contributed by atoms with van der Waals surface area (Å²) in [5.41, 5.74) is 1.16. The first-order chi connectivity index (χ1) is 14.1. The van der Waals surface area contributed by atoms with Crippen molar-refractivity contribution in [1.82, 2.24) is 15.6 Å². The molecule has 6 nitrogen and oxygen atoms in total. The van der Waals surface area contributed by atoms with Crippen molar-refractivity contribution in [2.24, 2.45) is 4.99 Å². The number of aromatic nitrogens is 1. The lowest BCUT2D eigenvalue weighted by atomic mass is 10.1. The number of pyridine rings is 1. The van der Waals surface area contributed by atoms with E-state index in [0.717, 1.165) is 24.5 Å². The van der Waals surface area contributed by atoms with E-state index in [1.54, 1.807) is 19.2 Å². The third-order valence-corrected chi connectivity index (χ3v) is 4.86. The predicted molar refractivity (Wildman–Crippen MR) is 130 cm³/mol. The van der Waals surface area contributed by atoms with Crippen LogP contribution in [0, 0.1) is 5.82 Å². The number of ether oxygens (including phenoxy) is 1. The molecule has 2 heterocycles.